The highest BCUT2D eigenvalue weighted by Crippen LogP contribution is 2.25. The van der Waals surface area contributed by atoms with Crippen molar-refractivity contribution in [1.82, 2.24) is 4.98 Å². The molecular formula is C8H8Cl2N2O. The fraction of sp³-hybridized carbons (Fsp3) is 0.250. The van der Waals surface area contributed by atoms with Gasteiger partial charge in [-0.1, -0.05) is 28.4 Å². The first-order chi connectivity index (χ1) is 6.07. The van der Waals surface area contributed by atoms with Gasteiger partial charge < -0.3 is 5.21 Å². The largest absolute Gasteiger partial charge is 0.411 e. The molecule has 5 heteroatoms. The predicted octanol–water partition coefficient (Wildman–Crippen LogP) is 2.81. The van der Waals surface area contributed by atoms with E-state index in [4.69, 9.17) is 28.4 Å². The molecule has 70 valence electrons. The van der Waals surface area contributed by atoms with E-state index < -0.39 is 0 Å². The van der Waals surface area contributed by atoms with E-state index in [1.807, 2.05) is 0 Å². The Bertz CT molecular complexity index is 364. The molecule has 1 aromatic rings. The van der Waals surface area contributed by atoms with Gasteiger partial charge in [-0.2, -0.15) is 0 Å². The second-order valence-corrected chi connectivity index (χ2v) is 3.32. The van der Waals surface area contributed by atoms with Crippen molar-refractivity contribution in [3.05, 3.63) is 27.0 Å². The van der Waals surface area contributed by atoms with Gasteiger partial charge in [0.25, 0.3) is 0 Å². The number of pyridine rings is 1. The molecule has 0 atom stereocenters. The Kier molecular flexibility index (Phi) is 3.12. The van der Waals surface area contributed by atoms with E-state index in [1.54, 1.807) is 13.8 Å². The minimum absolute atomic E-state index is 0.289. The maximum atomic E-state index is 8.37. The van der Waals surface area contributed by atoms with Crippen LogP contribution in [0.25, 0.3) is 0 Å². The first-order valence-electron chi connectivity index (χ1n) is 3.57. The molecule has 0 radical (unpaired) electrons. The van der Waals surface area contributed by atoms with Crippen LogP contribution in [0.4, 0.5) is 0 Å². The summed E-state index contributed by atoms with van der Waals surface area (Å²) in [4.78, 5) is 3.98. The number of oxime groups is 1. The van der Waals surface area contributed by atoms with Crippen LogP contribution in [0.5, 0.6) is 0 Å². The number of rotatable bonds is 1. The zero-order chi connectivity index (χ0) is 10.0. The normalized spacial score (nSPS) is 11.1. The number of hydrogen-bond donors (Lipinski definition) is 1. The summed E-state index contributed by atoms with van der Waals surface area (Å²) in [6.45, 7) is 3.56. The average molecular weight is 219 g/mol. The lowest BCUT2D eigenvalue weighted by Gasteiger charge is -2.06. The fourth-order valence-corrected chi connectivity index (χ4v) is 1.47. The van der Waals surface area contributed by atoms with Gasteiger partial charge in [0.15, 0.2) is 0 Å². The number of hydrogen-bond acceptors (Lipinski definition) is 3. The maximum Gasteiger partial charge on any atom is 0.138 e. The lowest BCUT2D eigenvalue weighted by molar-refractivity contribution is 0.322. The van der Waals surface area contributed by atoms with E-state index in [1.165, 1.54) is 6.21 Å². The number of halogens is 2. The molecule has 1 heterocycles. The molecule has 1 aromatic heterocycles. The smallest absolute Gasteiger partial charge is 0.138 e. The van der Waals surface area contributed by atoms with Crippen molar-refractivity contribution in [3.63, 3.8) is 0 Å². The molecular weight excluding hydrogens is 211 g/mol. The molecule has 0 bridgehead atoms. The third kappa shape index (κ3) is 1.92. The van der Waals surface area contributed by atoms with Crippen LogP contribution in [-0.4, -0.2) is 16.4 Å². The molecule has 0 saturated carbocycles. The van der Waals surface area contributed by atoms with E-state index >= 15 is 0 Å². The van der Waals surface area contributed by atoms with Crippen LogP contribution in [0.15, 0.2) is 5.16 Å². The van der Waals surface area contributed by atoms with Gasteiger partial charge in [-0.25, -0.2) is 4.98 Å². The first kappa shape index (κ1) is 10.3. The van der Waals surface area contributed by atoms with Crippen molar-refractivity contribution >= 4 is 29.4 Å². The molecule has 1 N–H and O–H groups in total. The standard InChI is InChI=1S/C8H8Cl2N2O/c1-4-6(3-11-13)8(10)12-5(2)7(4)9/h3,13H,1-2H3/b11-3-. The predicted molar refractivity (Wildman–Crippen MR) is 53.1 cm³/mol. The second-order valence-electron chi connectivity index (χ2n) is 2.59. The highest BCUT2D eigenvalue weighted by atomic mass is 35.5. The van der Waals surface area contributed by atoms with Crippen LogP contribution in [0.3, 0.4) is 0 Å². The Labute approximate surface area is 86.0 Å². The molecule has 0 spiro atoms. The molecule has 0 fully saturated rings. The van der Waals surface area contributed by atoms with Crippen molar-refractivity contribution in [2.75, 3.05) is 0 Å². The highest BCUT2D eigenvalue weighted by molar-refractivity contribution is 6.35. The fourth-order valence-electron chi connectivity index (χ4n) is 1.01. The Balaban J connectivity index is 3.43. The molecule has 1 rings (SSSR count). The molecule has 0 unspecified atom stereocenters. The summed E-state index contributed by atoms with van der Waals surface area (Å²) >= 11 is 11.7. The summed E-state index contributed by atoms with van der Waals surface area (Å²) in [6.07, 6.45) is 1.22. The Morgan fingerprint density at radius 3 is 2.54 bits per heavy atom. The van der Waals surface area contributed by atoms with Crippen LogP contribution in [0.1, 0.15) is 16.8 Å². The summed E-state index contributed by atoms with van der Waals surface area (Å²) < 4.78 is 0. The van der Waals surface area contributed by atoms with Crippen molar-refractivity contribution in [1.29, 1.82) is 0 Å². The van der Waals surface area contributed by atoms with Crippen LogP contribution in [-0.2, 0) is 0 Å². The van der Waals surface area contributed by atoms with Gasteiger partial charge in [-0.05, 0) is 19.4 Å². The highest BCUT2D eigenvalue weighted by Gasteiger charge is 2.10. The zero-order valence-corrected chi connectivity index (χ0v) is 8.69. The maximum absolute atomic E-state index is 8.37. The second kappa shape index (κ2) is 3.94. The van der Waals surface area contributed by atoms with Crippen molar-refractivity contribution in [2.45, 2.75) is 13.8 Å². The number of aromatic nitrogens is 1. The van der Waals surface area contributed by atoms with E-state index in [2.05, 4.69) is 10.1 Å². The summed E-state index contributed by atoms with van der Waals surface area (Å²) in [5.41, 5.74) is 1.97. The van der Waals surface area contributed by atoms with Gasteiger partial charge in [0.05, 0.1) is 16.9 Å². The van der Waals surface area contributed by atoms with Gasteiger partial charge in [0.2, 0.25) is 0 Å². The molecule has 0 aliphatic heterocycles. The lowest BCUT2D eigenvalue weighted by atomic mass is 10.1. The minimum atomic E-state index is 0.289. The van der Waals surface area contributed by atoms with Gasteiger partial charge in [0, 0.05) is 5.56 Å². The van der Waals surface area contributed by atoms with Crippen LogP contribution in [0, 0.1) is 13.8 Å². The lowest BCUT2D eigenvalue weighted by Crippen LogP contribution is -1.96. The summed E-state index contributed by atoms with van der Waals surface area (Å²) in [5, 5.41) is 12.1. The van der Waals surface area contributed by atoms with Crippen molar-refractivity contribution < 1.29 is 5.21 Å². The Morgan fingerprint density at radius 1 is 1.38 bits per heavy atom. The van der Waals surface area contributed by atoms with Crippen molar-refractivity contribution in [3.8, 4) is 0 Å². The Hall–Kier alpha value is -0.800. The summed E-state index contributed by atoms with van der Waals surface area (Å²) in [5.74, 6) is 0. The number of nitrogens with zero attached hydrogens (tertiary/aromatic N) is 2. The third-order valence-corrected chi connectivity index (χ3v) is 2.57. The van der Waals surface area contributed by atoms with Gasteiger partial charge in [-0.15, -0.1) is 0 Å². The monoisotopic (exact) mass is 218 g/mol. The van der Waals surface area contributed by atoms with E-state index in [0.29, 0.717) is 16.3 Å². The SMILES string of the molecule is Cc1nc(Cl)c(/C=N\O)c(C)c1Cl. The first-order valence-corrected chi connectivity index (χ1v) is 4.33. The van der Waals surface area contributed by atoms with Gasteiger partial charge >= 0.3 is 0 Å². The summed E-state index contributed by atoms with van der Waals surface area (Å²) in [6, 6.07) is 0. The van der Waals surface area contributed by atoms with Crippen LogP contribution >= 0.6 is 23.2 Å². The topological polar surface area (TPSA) is 45.5 Å². The van der Waals surface area contributed by atoms with E-state index in [-0.39, 0.29) is 5.15 Å². The van der Waals surface area contributed by atoms with Crippen molar-refractivity contribution in [2.24, 2.45) is 5.16 Å². The zero-order valence-electron chi connectivity index (χ0n) is 7.17. The quantitative estimate of drug-likeness (QED) is 0.341. The molecule has 0 saturated heterocycles. The van der Waals surface area contributed by atoms with Crippen LogP contribution < -0.4 is 0 Å². The summed E-state index contributed by atoms with van der Waals surface area (Å²) in [7, 11) is 0. The Morgan fingerprint density at radius 2 is 2.00 bits per heavy atom. The van der Waals surface area contributed by atoms with E-state index in [9.17, 15) is 0 Å². The molecule has 0 aliphatic rings. The number of aryl methyl sites for hydroxylation is 1. The van der Waals surface area contributed by atoms with Gasteiger partial charge in [0.1, 0.15) is 5.15 Å². The average Bonchev–Trinajstić information content (AvgIpc) is 2.09. The molecule has 0 amide bonds. The third-order valence-electron chi connectivity index (χ3n) is 1.73. The minimum Gasteiger partial charge on any atom is -0.411 e. The molecule has 0 aliphatic carbocycles. The van der Waals surface area contributed by atoms with E-state index in [0.717, 1.165) is 5.56 Å². The van der Waals surface area contributed by atoms with Crippen LogP contribution in [0.2, 0.25) is 10.2 Å². The molecule has 0 aromatic carbocycles. The molecule has 3 nitrogen and oxygen atoms in total. The van der Waals surface area contributed by atoms with Gasteiger partial charge in [-0.3, -0.25) is 0 Å². The molecule has 13 heavy (non-hydrogen) atoms.